The first kappa shape index (κ1) is 19.6. The lowest BCUT2D eigenvalue weighted by molar-refractivity contribution is -0.114. The number of hydrogen-bond donors (Lipinski definition) is 2. The van der Waals surface area contributed by atoms with Crippen LogP contribution in [-0.2, 0) is 24.7 Å². The molecule has 1 aromatic carbocycles. The summed E-state index contributed by atoms with van der Waals surface area (Å²) < 4.78 is 54.7. The van der Waals surface area contributed by atoms with E-state index >= 15 is 0 Å². The Kier molecular flexibility index (Phi) is 5.42. The van der Waals surface area contributed by atoms with E-state index < -0.39 is 49.4 Å². The lowest BCUT2D eigenvalue weighted by atomic mass is 10.2. The van der Waals surface area contributed by atoms with Crippen molar-refractivity contribution in [2.45, 2.75) is 24.0 Å². The lowest BCUT2D eigenvalue weighted by Crippen LogP contribution is -2.44. The minimum atomic E-state index is -4.09. The fourth-order valence-corrected chi connectivity index (χ4v) is 5.99. The topological polar surface area (TPSA) is 130 Å². The van der Waals surface area contributed by atoms with Gasteiger partial charge in [-0.15, -0.1) is 0 Å². The van der Waals surface area contributed by atoms with Gasteiger partial charge in [-0.25, -0.2) is 16.8 Å². The van der Waals surface area contributed by atoms with Crippen molar-refractivity contribution < 1.29 is 31.5 Å². The highest BCUT2D eigenvalue weighted by Gasteiger charge is 2.43. The number of sulfone groups is 1. The summed E-state index contributed by atoms with van der Waals surface area (Å²) in [6.07, 6.45) is -1.29. The molecule has 1 amide bonds. The predicted molar refractivity (Wildman–Crippen MR) is 90.7 cm³/mol. The number of aliphatic hydroxyl groups excluding tert-OH is 1. The highest BCUT2D eigenvalue weighted by Crippen LogP contribution is 2.30. The monoisotopic (exact) mass is 392 g/mol. The van der Waals surface area contributed by atoms with Crippen LogP contribution in [0.3, 0.4) is 0 Å². The van der Waals surface area contributed by atoms with Crippen molar-refractivity contribution in [3.63, 3.8) is 0 Å². The van der Waals surface area contributed by atoms with Crippen molar-refractivity contribution in [1.29, 1.82) is 0 Å². The average Bonchev–Trinajstić information content (AvgIpc) is 2.78. The van der Waals surface area contributed by atoms with E-state index in [1.807, 2.05) is 0 Å². The fraction of sp³-hybridized carbons (Fsp3) is 0.500. The quantitative estimate of drug-likeness (QED) is 0.686. The zero-order chi connectivity index (χ0) is 19.0. The summed E-state index contributed by atoms with van der Waals surface area (Å²) in [5.74, 6) is -1.05. The highest BCUT2D eigenvalue weighted by atomic mass is 32.2. The predicted octanol–water partition coefficient (Wildman–Crippen LogP) is -0.568. The van der Waals surface area contributed by atoms with Gasteiger partial charge in [0.15, 0.2) is 9.84 Å². The number of anilines is 1. The summed E-state index contributed by atoms with van der Waals surface area (Å²) in [7, 11) is -5.00. The minimum Gasteiger partial charge on any atom is -0.495 e. The second-order valence-corrected chi connectivity index (χ2v) is 9.93. The molecule has 1 heterocycles. The lowest BCUT2D eigenvalue weighted by Gasteiger charge is -2.25. The first-order valence-electron chi connectivity index (χ1n) is 7.30. The Labute approximate surface area is 146 Å². The molecule has 11 heteroatoms. The summed E-state index contributed by atoms with van der Waals surface area (Å²) >= 11 is 0. The number of rotatable bonds is 5. The zero-order valence-corrected chi connectivity index (χ0v) is 15.6. The molecule has 2 atom stereocenters. The van der Waals surface area contributed by atoms with Crippen molar-refractivity contribution in [2.75, 3.05) is 31.0 Å². The molecule has 1 fully saturated rings. The molecule has 0 unspecified atom stereocenters. The number of benzene rings is 1. The van der Waals surface area contributed by atoms with Gasteiger partial charge in [0.05, 0.1) is 41.3 Å². The van der Waals surface area contributed by atoms with Crippen LogP contribution in [0.15, 0.2) is 23.1 Å². The molecule has 0 saturated carbocycles. The maximum absolute atomic E-state index is 12.8. The van der Waals surface area contributed by atoms with Crippen LogP contribution in [0.2, 0.25) is 0 Å². The molecule has 1 aliphatic heterocycles. The Hall–Kier alpha value is -1.69. The van der Waals surface area contributed by atoms with Gasteiger partial charge in [0.25, 0.3) is 0 Å². The van der Waals surface area contributed by atoms with E-state index in [4.69, 9.17) is 4.74 Å². The Balaban J connectivity index is 2.40. The van der Waals surface area contributed by atoms with Gasteiger partial charge >= 0.3 is 0 Å². The van der Waals surface area contributed by atoms with Gasteiger partial charge in [0.1, 0.15) is 5.75 Å². The molecular formula is C14H20N2O7S2. The van der Waals surface area contributed by atoms with Gasteiger partial charge in [-0.3, -0.25) is 4.79 Å². The number of methoxy groups -OCH3 is 1. The molecule has 25 heavy (non-hydrogen) atoms. The van der Waals surface area contributed by atoms with Gasteiger partial charge in [-0.2, -0.15) is 4.31 Å². The normalized spacial score (nSPS) is 22.8. The van der Waals surface area contributed by atoms with Crippen LogP contribution in [0.25, 0.3) is 0 Å². The number of hydrogen-bond acceptors (Lipinski definition) is 7. The van der Waals surface area contributed by atoms with Crippen molar-refractivity contribution in [3.05, 3.63) is 18.2 Å². The second-order valence-electron chi connectivity index (χ2n) is 5.78. The zero-order valence-electron chi connectivity index (χ0n) is 14.0. The summed E-state index contributed by atoms with van der Waals surface area (Å²) in [5, 5.41) is 12.4. The average molecular weight is 392 g/mol. The van der Waals surface area contributed by atoms with Crippen LogP contribution in [0.1, 0.15) is 6.92 Å². The molecule has 0 radical (unpaired) electrons. The molecular weight excluding hydrogens is 372 g/mol. The smallest absolute Gasteiger partial charge is 0.243 e. The van der Waals surface area contributed by atoms with E-state index in [2.05, 4.69) is 5.32 Å². The number of ether oxygens (including phenoxy) is 1. The Bertz CT molecular complexity index is 880. The SMILES string of the molecule is COc1ccc(S(=O)(=O)N(C)[C@@H]2CS(=O)(=O)C[C@@H]2O)cc1NC(C)=O. The van der Waals surface area contributed by atoms with Crippen LogP contribution in [0.4, 0.5) is 5.69 Å². The van der Waals surface area contributed by atoms with E-state index in [-0.39, 0.29) is 16.3 Å². The Morgan fingerprint density at radius 1 is 1.36 bits per heavy atom. The van der Waals surface area contributed by atoms with Crippen molar-refractivity contribution in [3.8, 4) is 5.75 Å². The number of sulfonamides is 1. The number of carbonyl (C=O) groups is 1. The van der Waals surface area contributed by atoms with E-state index in [1.165, 1.54) is 39.3 Å². The van der Waals surface area contributed by atoms with Crippen molar-refractivity contribution in [1.82, 2.24) is 4.31 Å². The fourth-order valence-electron chi connectivity index (χ4n) is 2.64. The van der Waals surface area contributed by atoms with Gasteiger partial charge in [0, 0.05) is 14.0 Å². The second kappa shape index (κ2) is 6.90. The van der Waals surface area contributed by atoms with Crippen molar-refractivity contribution in [2.24, 2.45) is 0 Å². The standard InChI is InChI=1S/C14H20N2O7S2/c1-9(17)15-11-6-10(4-5-14(11)23-3)25(21,22)16(2)12-7-24(19,20)8-13(12)18/h4-6,12-13,18H,7-8H2,1-3H3,(H,15,17)/t12-,13+/m1/s1. The summed E-state index contributed by atoms with van der Waals surface area (Å²) in [4.78, 5) is 11.1. The molecule has 2 N–H and O–H groups in total. The molecule has 0 bridgehead atoms. The highest BCUT2D eigenvalue weighted by molar-refractivity contribution is 7.92. The van der Waals surface area contributed by atoms with E-state index in [0.717, 1.165) is 4.31 Å². The molecule has 1 saturated heterocycles. The Morgan fingerprint density at radius 2 is 2.00 bits per heavy atom. The molecule has 2 rings (SSSR count). The summed E-state index contributed by atoms with van der Waals surface area (Å²) in [6, 6.07) is 2.82. The molecule has 0 aromatic heterocycles. The number of aliphatic hydroxyl groups is 1. The van der Waals surface area contributed by atoms with Crippen LogP contribution in [-0.4, -0.2) is 70.0 Å². The molecule has 140 valence electrons. The number of amides is 1. The van der Waals surface area contributed by atoms with Crippen LogP contribution in [0.5, 0.6) is 5.75 Å². The first-order chi connectivity index (χ1) is 11.5. The van der Waals surface area contributed by atoms with E-state index in [9.17, 15) is 26.7 Å². The third kappa shape index (κ3) is 4.11. The summed E-state index contributed by atoms with van der Waals surface area (Å²) in [6.45, 7) is 1.27. The minimum absolute atomic E-state index is 0.156. The summed E-state index contributed by atoms with van der Waals surface area (Å²) in [5.41, 5.74) is 0.170. The van der Waals surface area contributed by atoms with Crippen LogP contribution in [0, 0.1) is 0 Å². The van der Waals surface area contributed by atoms with E-state index in [0.29, 0.717) is 0 Å². The van der Waals surface area contributed by atoms with Crippen LogP contribution < -0.4 is 10.1 Å². The third-order valence-corrected chi connectivity index (χ3v) is 7.50. The van der Waals surface area contributed by atoms with Gasteiger partial charge < -0.3 is 15.2 Å². The van der Waals surface area contributed by atoms with Gasteiger partial charge in [-0.1, -0.05) is 0 Å². The molecule has 0 aliphatic carbocycles. The maximum atomic E-state index is 12.8. The van der Waals surface area contributed by atoms with E-state index in [1.54, 1.807) is 0 Å². The molecule has 9 nitrogen and oxygen atoms in total. The van der Waals surface area contributed by atoms with Gasteiger partial charge in [-0.05, 0) is 18.2 Å². The number of carbonyl (C=O) groups excluding carboxylic acids is 1. The number of likely N-dealkylation sites (N-methyl/N-ethyl adjacent to an activating group) is 1. The first-order valence-corrected chi connectivity index (χ1v) is 10.6. The number of nitrogens with one attached hydrogen (secondary N) is 1. The van der Waals surface area contributed by atoms with Crippen LogP contribution >= 0.6 is 0 Å². The number of nitrogens with zero attached hydrogens (tertiary/aromatic N) is 1. The van der Waals surface area contributed by atoms with Crippen molar-refractivity contribution >= 4 is 31.5 Å². The molecule has 1 aliphatic rings. The maximum Gasteiger partial charge on any atom is 0.243 e. The largest absolute Gasteiger partial charge is 0.495 e. The molecule has 1 aromatic rings. The Morgan fingerprint density at radius 3 is 2.48 bits per heavy atom. The van der Waals surface area contributed by atoms with Gasteiger partial charge in [0.2, 0.25) is 15.9 Å². The molecule has 0 spiro atoms. The third-order valence-electron chi connectivity index (χ3n) is 3.92.